The predicted molar refractivity (Wildman–Crippen MR) is 134 cm³/mol. The third kappa shape index (κ3) is 3.45. The van der Waals surface area contributed by atoms with E-state index in [-0.39, 0.29) is 37.4 Å². The van der Waals surface area contributed by atoms with Crippen molar-refractivity contribution in [3.05, 3.63) is 83.2 Å². The molecule has 194 valence electrons. The number of amides is 2. The second-order valence-electron chi connectivity index (χ2n) is 9.89. The lowest BCUT2D eigenvalue weighted by Gasteiger charge is -2.40. The maximum absolute atomic E-state index is 14.6. The first kappa shape index (κ1) is 23.0. The average Bonchev–Trinajstić information content (AvgIpc) is 3.50. The highest BCUT2D eigenvalue weighted by Gasteiger charge is 2.58. The van der Waals surface area contributed by atoms with E-state index in [0.29, 0.717) is 49.1 Å². The van der Waals surface area contributed by atoms with Crippen molar-refractivity contribution in [3.8, 4) is 17.2 Å². The fourth-order valence-electron chi connectivity index (χ4n) is 5.97. The summed E-state index contributed by atoms with van der Waals surface area (Å²) in [7, 11) is 0. The van der Waals surface area contributed by atoms with Gasteiger partial charge in [-0.25, -0.2) is 4.39 Å². The molecule has 0 N–H and O–H groups in total. The van der Waals surface area contributed by atoms with E-state index in [1.165, 1.54) is 12.1 Å². The van der Waals surface area contributed by atoms with Crippen molar-refractivity contribution in [1.29, 1.82) is 0 Å². The zero-order chi connectivity index (χ0) is 25.9. The molecule has 0 aromatic heterocycles. The summed E-state index contributed by atoms with van der Waals surface area (Å²) in [5.74, 6) is 0.813. The van der Waals surface area contributed by atoms with Crippen LogP contribution in [0.1, 0.15) is 23.1 Å². The molecule has 8 nitrogen and oxygen atoms in total. The van der Waals surface area contributed by atoms with Crippen LogP contribution in [0.3, 0.4) is 0 Å². The van der Waals surface area contributed by atoms with E-state index in [0.717, 1.165) is 16.8 Å². The fourth-order valence-corrected chi connectivity index (χ4v) is 5.97. The highest BCUT2D eigenvalue weighted by molar-refractivity contribution is 6.11. The summed E-state index contributed by atoms with van der Waals surface area (Å²) in [6.07, 6.45) is -0.727. The van der Waals surface area contributed by atoms with Gasteiger partial charge in [0.1, 0.15) is 17.0 Å². The Morgan fingerprint density at radius 1 is 0.947 bits per heavy atom. The van der Waals surface area contributed by atoms with Gasteiger partial charge in [0.2, 0.25) is 12.7 Å². The number of nitrogens with zero attached hydrogens (tertiary/aromatic N) is 2. The first-order valence-corrected chi connectivity index (χ1v) is 12.7. The number of para-hydroxylation sites is 1. The first-order chi connectivity index (χ1) is 18.5. The second-order valence-corrected chi connectivity index (χ2v) is 9.89. The Bertz CT molecular complexity index is 1440. The number of carbonyl (C=O) groups excluding carboxylic acids is 2. The van der Waals surface area contributed by atoms with Crippen LogP contribution in [0.5, 0.6) is 17.2 Å². The van der Waals surface area contributed by atoms with Gasteiger partial charge in [-0.15, -0.1) is 0 Å². The van der Waals surface area contributed by atoms with E-state index < -0.39 is 11.5 Å². The zero-order valence-electron chi connectivity index (χ0n) is 20.5. The van der Waals surface area contributed by atoms with Gasteiger partial charge in [0.05, 0.1) is 19.8 Å². The maximum Gasteiger partial charge on any atom is 0.263 e. The summed E-state index contributed by atoms with van der Waals surface area (Å²) in [4.78, 5) is 31.7. The molecule has 9 heteroatoms. The molecule has 0 aliphatic carbocycles. The number of fused-ring (bicyclic) bond motifs is 5. The smallest absolute Gasteiger partial charge is 0.263 e. The molecule has 2 amide bonds. The molecule has 1 spiro atoms. The van der Waals surface area contributed by atoms with E-state index in [2.05, 4.69) is 0 Å². The van der Waals surface area contributed by atoms with Crippen LogP contribution in [0.4, 0.5) is 10.1 Å². The quantitative estimate of drug-likeness (QED) is 0.531. The van der Waals surface area contributed by atoms with Crippen molar-refractivity contribution in [2.45, 2.75) is 24.5 Å². The van der Waals surface area contributed by atoms with Gasteiger partial charge in [-0.05, 0) is 35.4 Å². The van der Waals surface area contributed by atoms with Crippen LogP contribution in [0, 0.1) is 5.82 Å². The Kier molecular flexibility index (Phi) is 5.29. The van der Waals surface area contributed by atoms with Gasteiger partial charge in [-0.3, -0.25) is 9.59 Å². The molecule has 3 aromatic carbocycles. The van der Waals surface area contributed by atoms with Gasteiger partial charge in [0.15, 0.2) is 17.6 Å². The molecule has 7 rings (SSSR count). The third-order valence-electron chi connectivity index (χ3n) is 7.81. The summed E-state index contributed by atoms with van der Waals surface area (Å²) in [5, 5.41) is 0. The molecule has 1 fully saturated rings. The van der Waals surface area contributed by atoms with Crippen LogP contribution in [0.2, 0.25) is 0 Å². The second kappa shape index (κ2) is 8.73. The first-order valence-electron chi connectivity index (χ1n) is 12.7. The Hall–Kier alpha value is -4.11. The molecule has 4 aliphatic heterocycles. The summed E-state index contributed by atoms with van der Waals surface area (Å²) in [5.41, 5.74) is 1.83. The Labute approximate surface area is 218 Å². The molecule has 4 aliphatic rings. The number of benzene rings is 3. The minimum atomic E-state index is -1.17. The van der Waals surface area contributed by atoms with Gasteiger partial charge in [0, 0.05) is 36.8 Å². The summed E-state index contributed by atoms with van der Waals surface area (Å²) in [6.45, 7) is 2.21. The molecule has 3 aromatic rings. The number of morpholine rings is 1. The molecule has 0 bridgehead atoms. The molecule has 1 unspecified atom stereocenters. The van der Waals surface area contributed by atoms with E-state index >= 15 is 0 Å². The maximum atomic E-state index is 14.6. The van der Waals surface area contributed by atoms with E-state index in [1.54, 1.807) is 28.0 Å². The van der Waals surface area contributed by atoms with Crippen LogP contribution in [0.15, 0.2) is 60.7 Å². The molecule has 1 saturated heterocycles. The van der Waals surface area contributed by atoms with Crippen LogP contribution in [0.25, 0.3) is 0 Å². The minimum absolute atomic E-state index is 0.0720. The lowest BCUT2D eigenvalue weighted by atomic mass is 9.69. The van der Waals surface area contributed by atoms with Crippen LogP contribution in [-0.2, 0) is 26.3 Å². The standard InChI is InChI=1S/C29H25FN2O6/c30-19-7-5-18(6-8-19)16-32-22-4-2-1-3-20(22)29(28(32)34)15-26(27(33)31-9-11-35-12-10-31)38-23-14-25-24(13-21(23)29)36-17-37-25/h1-8,13-14,26H,9-12,15-17H2/t26-,29?/m1/s1. The number of hydrogen-bond donors (Lipinski definition) is 0. The van der Waals surface area contributed by atoms with E-state index in [4.69, 9.17) is 18.9 Å². The highest BCUT2D eigenvalue weighted by Crippen LogP contribution is 2.56. The molecular formula is C29H25FN2O6. The van der Waals surface area contributed by atoms with Crippen molar-refractivity contribution in [2.75, 3.05) is 38.0 Å². The van der Waals surface area contributed by atoms with Gasteiger partial charge in [-0.1, -0.05) is 30.3 Å². The summed E-state index contributed by atoms with van der Waals surface area (Å²) in [6, 6.07) is 17.3. The number of halogens is 1. The monoisotopic (exact) mass is 516 g/mol. The van der Waals surface area contributed by atoms with Crippen molar-refractivity contribution in [3.63, 3.8) is 0 Å². The predicted octanol–water partition coefficient (Wildman–Crippen LogP) is 3.40. The van der Waals surface area contributed by atoms with Crippen molar-refractivity contribution >= 4 is 17.5 Å². The van der Waals surface area contributed by atoms with Crippen molar-refractivity contribution in [2.24, 2.45) is 0 Å². The van der Waals surface area contributed by atoms with E-state index in [1.807, 2.05) is 30.3 Å². The average molecular weight is 517 g/mol. The van der Waals surface area contributed by atoms with Crippen LogP contribution < -0.4 is 19.1 Å². The van der Waals surface area contributed by atoms with Gasteiger partial charge < -0.3 is 28.7 Å². The molecule has 2 atom stereocenters. The number of rotatable bonds is 3. The largest absolute Gasteiger partial charge is 0.480 e. The molecule has 0 radical (unpaired) electrons. The molecule has 0 saturated carbocycles. The van der Waals surface area contributed by atoms with Gasteiger partial charge in [-0.2, -0.15) is 0 Å². The normalized spacial score (nSPS) is 23.3. The molecule has 38 heavy (non-hydrogen) atoms. The third-order valence-corrected chi connectivity index (χ3v) is 7.81. The lowest BCUT2D eigenvalue weighted by Crippen LogP contribution is -2.53. The zero-order valence-corrected chi connectivity index (χ0v) is 20.5. The Morgan fingerprint density at radius 2 is 1.68 bits per heavy atom. The van der Waals surface area contributed by atoms with E-state index in [9.17, 15) is 14.0 Å². The number of carbonyl (C=O) groups is 2. The SMILES string of the molecule is O=C([C@H]1CC2(C(=O)N(Cc3ccc(F)cc3)c3ccccc32)c2cc3c(cc2O1)OCO3)N1CCOCC1. The van der Waals surface area contributed by atoms with Crippen LogP contribution >= 0.6 is 0 Å². The molecular weight excluding hydrogens is 491 g/mol. The summed E-state index contributed by atoms with van der Waals surface area (Å²) < 4.78 is 36.6. The Morgan fingerprint density at radius 3 is 2.47 bits per heavy atom. The minimum Gasteiger partial charge on any atom is -0.480 e. The Balaban J connectivity index is 1.36. The van der Waals surface area contributed by atoms with Crippen molar-refractivity contribution in [1.82, 2.24) is 4.90 Å². The van der Waals surface area contributed by atoms with Crippen LogP contribution in [-0.4, -0.2) is 55.9 Å². The number of anilines is 1. The lowest BCUT2D eigenvalue weighted by molar-refractivity contribution is -0.145. The van der Waals surface area contributed by atoms with Gasteiger partial charge >= 0.3 is 0 Å². The summed E-state index contributed by atoms with van der Waals surface area (Å²) >= 11 is 0. The highest BCUT2D eigenvalue weighted by atomic mass is 19.1. The molecule has 4 heterocycles. The number of hydrogen-bond acceptors (Lipinski definition) is 6. The number of ether oxygens (including phenoxy) is 4. The van der Waals surface area contributed by atoms with Crippen molar-refractivity contribution < 1.29 is 32.9 Å². The van der Waals surface area contributed by atoms with Gasteiger partial charge in [0.25, 0.3) is 5.91 Å². The fraction of sp³-hybridized carbons (Fsp3) is 0.310. The topological polar surface area (TPSA) is 77.5 Å².